The molecule has 1 atom stereocenters. The predicted octanol–water partition coefficient (Wildman–Crippen LogP) is 2.95. The molecule has 1 saturated heterocycles. The molecule has 0 spiro atoms. The highest BCUT2D eigenvalue weighted by Gasteiger charge is 2.49. The summed E-state index contributed by atoms with van der Waals surface area (Å²) in [6.45, 7) is 1.35. The van der Waals surface area contributed by atoms with Crippen molar-refractivity contribution in [1.82, 2.24) is 15.2 Å². The third-order valence-electron chi connectivity index (χ3n) is 5.66. The first-order valence-electron chi connectivity index (χ1n) is 10.3. The number of nitrogens with zero attached hydrogens (tertiary/aromatic N) is 2. The molecule has 0 bridgehead atoms. The van der Waals surface area contributed by atoms with Crippen molar-refractivity contribution in [1.29, 1.82) is 0 Å². The maximum Gasteiger partial charge on any atom is 0.325 e. The van der Waals surface area contributed by atoms with Crippen molar-refractivity contribution in [2.45, 2.75) is 12.5 Å². The van der Waals surface area contributed by atoms with Crippen LogP contribution in [0.4, 0.5) is 9.93 Å². The molecule has 2 aromatic carbocycles. The van der Waals surface area contributed by atoms with Crippen LogP contribution in [0.15, 0.2) is 47.8 Å². The van der Waals surface area contributed by atoms with Gasteiger partial charge in [0.25, 0.3) is 5.91 Å². The topological polar surface area (TPSA) is 119 Å². The fourth-order valence-electron chi connectivity index (χ4n) is 3.78. The molecule has 5 rings (SSSR count). The van der Waals surface area contributed by atoms with E-state index in [0.29, 0.717) is 33.6 Å². The van der Waals surface area contributed by atoms with Crippen molar-refractivity contribution >= 4 is 34.3 Å². The predicted molar refractivity (Wildman–Crippen MR) is 123 cm³/mol. The smallest absolute Gasteiger partial charge is 0.325 e. The Hall–Kier alpha value is -4.12. The number of methoxy groups -OCH3 is 1. The lowest BCUT2D eigenvalue weighted by Crippen LogP contribution is -2.42. The van der Waals surface area contributed by atoms with E-state index in [1.807, 2.05) is 12.1 Å². The van der Waals surface area contributed by atoms with Crippen LogP contribution in [-0.4, -0.2) is 48.2 Å². The molecule has 3 heterocycles. The van der Waals surface area contributed by atoms with Crippen LogP contribution >= 0.6 is 11.3 Å². The maximum absolute atomic E-state index is 13.1. The van der Waals surface area contributed by atoms with Crippen LogP contribution in [-0.2, 0) is 15.1 Å². The number of carbonyl (C=O) groups excluding carboxylic acids is 3. The minimum atomic E-state index is -1.28. The summed E-state index contributed by atoms with van der Waals surface area (Å²) in [6, 6.07) is 11.6. The normalized spacial score (nSPS) is 18.7. The van der Waals surface area contributed by atoms with Gasteiger partial charge in [-0.15, -0.1) is 11.3 Å². The van der Waals surface area contributed by atoms with E-state index in [2.05, 4.69) is 15.6 Å². The molecule has 4 amide bonds. The minimum Gasteiger partial charge on any atom is -0.497 e. The Balaban J connectivity index is 1.26. The number of anilines is 1. The molecule has 0 saturated carbocycles. The van der Waals surface area contributed by atoms with Crippen molar-refractivity contribution in [3.05, 3.63) is 53.4 Å². The molecule has 0 radical (unpaired) electrons. The highest BCUT2D eigenvalue weighted by atomic mass is 32.1. The van der Waals surface area contributed by atoms with Crippen molar-refractivity contribution in [2.75, 3.05) is 25.8 Å². The molecule has 10 nitrogen and oxygen atoms in total. The van der Waals surface area contributed by atoms with E-state index in [-0.39, 0.29) is 6.79 Å². The summed E-state index contributed by atoms with van der Waals surface area (Å²) in [5.74, 6) is 0.883. The van der Waals surface area contributed by atoms with E-state index >= 15 is 0 Å². The third kappa shape index (κ3) is 3.79. The van der Waals surface area contributed by atoms with Gasteiger partial charge in [-0.2, -0.15) is 0 Å². The van der Waals surface area contributed by atoms with Gasteiger partial charge in [0.1, 0.15) is 17.8 Å². The van der Waals surface area contributed by atoms with Crippen LogP contribution in [0.3, 0.4) is 0 Å². The molecule has 0 aliphatic carbocycles. The van der Waals surface area contributed by atoms with Gasteiger partial charge < -0.3 is 24.8 Å². The Morgan fingerprint density at radius 3 is 2.74 bits per heavy atom. The maximum atomic E-state index is 13.1. The summed E-state index contributed by atoms with van der Waals surface area (Å²) < 4.78 is 15.8. The van der Waals surface area contributed by atoms with Crippen LogP contribution in [0.1, 0.15) is 12.5 Å². The van der Waals surface area contributed by atoms with Gasteiger partial charge in [0.05, 0.1) is 12.8 Å². The Labute approximate surface area is 198 Å². The molecule has 11 heteroatoms. The van der Waals surface area contributed by atoms with Gasteiger partial charge in [-0.3, -0.25) is 14.5 Å². The monoisotopic (exact) mass is 480 g/mol. The number of hydrogen-bond donors (Lipinski definition) is 2. The van der Waals surface area contributed by atoms with E-state index in [1.165, 1.54) is 11.3 Å². The Morgan fingerprint density at radius 2 is 1.97 bits per heavy atom. The Kier molecular flexibility index (Phi) is 5.33. The number of ether oxygens (including phenoxy) is 3. The second-order valence-electron chi connectivity index (χ2n) is 7.83. The fourth-order valence-corrected chi connectivity index (χ4v) is 4.52. The number of urea groups is 1. The number of thiazole rings is 1. The highest BCUT2D eigenvalue weighted by molar-refractivity contribution is 7.14. The SMILES string of the molecule is COc1ccc([C@@]2(C)NC(=O)N(CC(=O)Nc3nc(-c4ccc5c(c4)OCO5)cs3)C2=O)cc1. The molecule has 2 aliphatic rings. The summed E-state index contributed by atoms with van der Waals surface area (Å²) in [7, 11) is 1.54. The van der Waals surface area contributed by atoms with Crippen molar-refractivity contribution < 1.29 is 28.6 Å². The van der Waals surface area contributed by atoms with Crippen LogP contribution in [0.25, 0.3) is 11.3 Å². The van der Waals surface area contributed by atoms with E-state index in [4.69, 9.17) is 14.2 Å². The summed E-state index contributed by atoms with van der Waals surface area (Å²) in [5, 5.41) is 7.48. The number of imide groups is 1. The van der Waals surface area contributed by atoms with Gasteiger partial charge >= 0.3 is 6.03 Å². The highest BCUT2D eigenvalue weighted by Crippen LogP contribution is 2.36. The zero-order valence-electron chi connectivity index (χ0n) is 18.3. The first-order chi connectivity index (χ1) is 16.4. The molecule has 34 heavy (non-hydrogen) atoms. The van der Waals surface area contributed by atoms with Gasteiger partial charge in [0.2, 0.25) is 12.7 Å². The van der Waals surface area contributed by atoms with E-state index in [9.17, 15) is 14.4 Å². The third-order valence-corrected chi connectivity index (χ3v) is 6.42. The largest absolute Gasteiger partial charge is 0.497 e. The average molecular weight is 481 g/mol. The zero-order valence-corrected chi connectivity index (χ0v) is 19.1. The second kappa shape index (κ2) is 8.34. The van der Waals surface area contributed by atoms with Crippen molar-refractivity contribution in [3.63, 3.8) is 0 Å². The summed E-state index contributed by atoms with van der Waals surface area (Å²) in [5.41, 5.74) is 0.769. The molecule has 3 aromatic rings. The number of rotatable bonds is 6. The average Bonchev–Trinajstić information content (AvgIpc) is 3.55. The Morgan fingerprint density at radius 1 is 1.21 bits per heavy atom. The van der Waals surface area contributed by atoms with Gasteiger partial charge in [-0.25, -0.2) is 9.78 Å². The molecule has 1 fully saturated rings. The first kappa shape index (κ1) is 21.7. The number of amides is 4. The Bertz CT molecular complexity index is 1290. The van der Waals surface area contributed by atoms with E-state index < -0.39 is 29.9 Å². The second-order valence-corrected chi connectivity index (χ2v) is 8.69. The standard InChI is InChI=1S/C23H20N4O6S/c1-23(14-4-6-15(31-2)7-5-14)20(29)27(22(30)26-23)10-19(28)25-21-24-16(11-34-21)13-3-8-17-18(9-13)33-12-32-17/h3-9,11H,10,12H2,1-2H3,(H,26,30)(H,24,25,28)/t23-/m1/s1. The van der Waals surface area contributed by atoms with Crippen LogP contribution in [0.2, 0.25) is 0 Å². The summed E-state index contributed by atoms with van der Waals surface area (Å²) >= 11 is 1.23. The lowest BCUT2D eigenvalue weighted by atomic mass is 9.92. The molecule has 0 unspecified atom stereocenters. The number of fused-ring (bicyclic) bond motifs is 1. The zero-order chi connectivity index (χ0) is 23.9. The van der Waals surface area contributed by atoms with Crippen LogP contribution in [0.5, 0.6) is 17.2 Å². The number of hydrogen-bond acceptors (Lipinski definition) is 8. The van der Waals surface area contributed by atoms with Gasteiger partial charge in [0.15, 0.2) is 16.6 Å². The van der Waals surface area contributed by atoms with Crippen LogP contribution < -0.4 is 24.8 Å². The lowest BCUT2D eigenvalue weighted by Gasteiger charge is -2.22. The first-order valence-corrected chi connectivity index (χ1v) is 11.2. The van der Waals surface area contributed by atoms with Gasteiger partial charge in [-0.05, 0) is 42.8 Å². The molecule has 2 aliphatic heterocycles. The lowest BCUT2D eigenvalue weighted by molar-refractivity contribution is -0.133. The molecular formula is C23H20N4O6S. The number of aromatic nitrogens is 1. The number of benzene rings is 2. The van der Waals surface area contributed by atoms with Gasteiger partial charge in [0, 0.05) is 10.9 Å². The minimum absolute atomic E-state index is 0.178. The quantitative estimate of drug-likeness (QED) is 0.521. The molecule has 174 valence electrons. The molecule has 2 N–H and O–H groups in total. The number of nitrogens with one attached hydrogen (secondary N) is 2. The number of carbonyl (C=O) groups is 3. The molecular weight excluding hydrogens is 460 g/mol. The van der Waals surface area contributed by atoms with E-state index in [0.717, 1.165) is 10.5 Å². The summed E-state index contributed by atoms with van der Waals surface area (Å²) in [6.07, 6.45) is 0. The fraction of sp³-hybridized carbons (Fsp3) is 0.217. The van der Waals surface area contributed by atoms with Crippen LogP contribution in [0, 0.1) is 0 Å². The van der Waals surface area contributed by atoms with Gasteiger partial charge in [-0.1, -0.05) is 12.1 Å². The van der Waals surface area contributed by atoms with E-state index in [1.54, 1.807) is 49.7 Å². The molecule has 1 aromatic heterocycles. The summed E-state index contributed by atoms with van der Waals surface area (Å²) in [4.78, 5) is 43.5. The van der Waals surface area contributed by atoms with Crippen molar-refractivity contribution in [2.24, 2.45) is 0 Å². The van der Waals surface area contributed by atoms with Crippen molar-refractivity contribution in [3.8, 4) is 28.5 Å².